The van der Waals surface area contributed by atoms with Crippen molar-refractivity contribution < 1.29 is 0 Å². The second-order valence-corrected chi connectivity index (χ2v) is 6.13. The number of hydrogen-bond acceptors (Lipinski definition) is 4. The van der Waals surface area contributed by atoms with Crippen molar-refractivity contribution in [2.45, 2.75) is 25.6 Å². The Morgan fingerprint density at radius 2 is 2.06 bits per heavy atom. The quantitative estimate of drug-likeness (QED) is 0.814. The van der Waals surface area contributed by atoms with Crippen LogP contribution in [-0.2, 0) is 12.3 Å². The summed E-state index contributed by atoms with van der Waals surface area (Å²) in [6.07, 6.45) is 1.23. The zero-order valence-electron chi connectivity index (χ0n) is 10.6. The van der Waals surface area contributed by atoms with E-state index in [4.69, 9.17) is 5.73 Å². The third-order valence-electron chi connectivity index (χ3n) is 2.61. The van der Waals surface area contributed by atoms with Crippen molar-refractivity contribution in [3.8, 4) is 11.3 Å². The number of rotatable bonds is 6. The lowest BCUT2D eigenvalue weighted by atomic mass is 10.1. The Hall–Kier alpha value is -0.840. The van der Waals surface area contributed by atoms with Crippen LogP contribution in [-0.4, -0.2) is 10.7 Å². The normalized spacial score (nSPS) is 10.8. The van der Waals surface area contributed by atoms with E-state index in [9.17, 15) is 0 Å². The molecule has 18 heavy (non-hydrogen) atoms. The first kappa shape index (κ1) is 13.6. The van der Waals surface area contributed by atoms with Crippen LogP contribution in [0.25, 0.3) is 11.3 Å². The van der Waals surface area contributed by atoms with Gasteiger partial charge in [0.15, 0.2) is 0 Å². The maximum absolute atomic E-state index is 5.59. The van der Waals surface area contributed by atoms with Gasteiger partial charge in [0.25, 0.3) is 0 Å². The Morgan fingerprint density at radius 3 is 2.72 bits per heavy atom. The average molecular weight is 278 g/mol. The highest BCUT2D eigenvalue weighted by Gasteiger charge is 2.04. The van der Waals surface area contributed by atoms with Gasteiger partial charge in [-0.2, -0.15) is 11.8 Å². The van der Waals surface area contributed by atoms with Gasteiger partial charge >= 0.3 is 0 Å². The molecule has 2 aromatic rings. The summed E-state index contributed by atoms with van der Waals surface area (Å²) in [5.74, 6) is 2.24. The van der Waals surface area contributed by atoms with E-state index in [1.54, 1.807) is 11.3 Å². The highest BCUT2D eigenvalue weighted by atomic mass is 32.2. The van der Waals surface area contributed by atoms with E-state index < -0.39 is 0 Å². The minimum absolute atomic E-state index is 0.594. The molecule has 0 aliphatic carbocycles. The van der Waals surface area contributed by atoms with Gasteiger partial charge < -0.3 is 5.73 Å². The Balaban J connectivity index is 2.04. The molecule has 0 amide bonds. The molecule has 0 bridgehead atoms. The number of thioether (sulfide) groups is 1. The van der Waals surface area contributed by atoms with Gasteiger partial charge in [0.05, 0.1) is 5.69 Å². The maximum Gasteiger partial charge on any atom is 0.103 e. The van der Waals surface area contributed by atoms with Crippen molar-refractivity contribution in [3.05, 3.63) is 40.2 Å². The number of aromatic nitrogens is 1. The van der Waals surface area contributed by atoms with Gasteiger partial charge in [-0.25, -0.2) is 4.98 Å². The molecular weight excluding hydrogens is 260 g/mol. The fourth-order valence-electron chi connectivity index (χ4n) is 1.63. The molecule has 1 heterocycles. The number of benzene rings is 1. The van der Waals surface area contributed by atoms with Crippen molar-refractivity contribution in [2.75, 3.05) is 5.75 Å². The van der Waals surface area contributed by atoms with Gasteiger partial charge in [0.2, 0.25) is 0 Å². The summed E-state index contributed by atoms with van der Waals surface area (Å²) < 4.78 is 0. The number of thiazole rings is 1. The zero-order valence-corrected chi connectivity index (χ0v) is 12.2. The second kappa shape index (κ2) is 6.92. The van der Waals surface area contributed by atoms with E-state index in [-0.39, 0.29) is 0 Å². The maximum atomic E-state index is 5.59. The Morgan fingerprint density at radius 1 is 1.28 bits per heavy atom. The minimum atomic E-state index is 0.594. The van der Waals surface area contributed by atoms with Crippen molar-refractivity contribution in [1.29, 1.82) is 0 Å². The highest BCUT2D eigenvalue weighted by Crippen LogP contribution is 2.24. The van der Waals surface area contributed by atoms with E-state index in [1.807, 2.05) is 11.8 Å². The molecule has 0 radical (unpaired) electrons. The molecule has 0 saturated carbocycles. The summed E-state index contributed by atoms with van der Waals surface area (Å²) in [6, 6.07) is 8.33. The second-order valence-electron chi connectivity index (χ2n) is 4.08. The molecule has 2 rings (SSSR count). The number of hydrogen-bond donors (Lipinski definition) is 1. The third-order valence-corrected chi connectivity index (χ3v) is 4.82. The minimum Gasteiger partial charge on any atom is -0.326 e. The van der Waals surface area contributed by atoms with Gasteiger partial charge in [-0.05, 0) is 17.7 Å². The van der Waals surface area contributed by atoms with Crippen LogP contribution in [0.1, 0.15) is 23.9 Å². The topological polar surface area (TPSA) is 38.9 Å². The van der Waals surface area contributed by atoms with Crippen LogP contribution in [0.2, 0.25) is 0 Å². The highest BCUT2D eigenvalue weighted by molar-refractivity contribution is 7.98. The number of nitrogens with two attached hydrogens (primary N) is 1. The van der Waals surface area contributed by atoms with Gasteiger partial charge in [-0.3, -0.25) is 0 Å². The molecule has 0 aliphatic rings. The largest absolute Gasteiger partial charge is 0.326 e. The Kier molecular flexibility index (Phi) is 5.23. The molecule has 0 saturated heterocycles. The predicted octanol–water partition coefficient (Wildman–Crippen LogP) is 3.91. The summed E-state index contributed by atoms with van der Waals surface area (Å²) in [5.41, 5.74) is 9.01. The van der Waals surface area contributed by atoms with Crippen LogP contribution < -0.4 is 5.73 Å². The molecular formula is C14H18N2S2. The first-order valence-corrected chi connectivity index (χ1v) is 8.18. The first-order valence-electron chi connectivity index (χ1n) is 6.15. The smallest absolute Gasteiger partial charge is 0.103 e. The van der Waals surface area contributed by atoms with E-state index in [1.165, 1.54) is 22.7 Å². The zero-order chi connectivity index (χ0) is 12.8. The molecule has 0 aliphatic heterocycles. The van der Waals surface area contributed by atoms with Crippen molar-refractivity contribution in [2.24, 2.45) is 5.73 Å². The van der Waals surface area contributed by atoms with Crippen molar-refractivity contribution >= 4 is 23.1 Å². The van der Waals surface area contributed by atoms with Crippen LogP contribution in [0.4, 0.5) is 0 Å². The molecule has 0 atom stereocenters. The molecule has 0 unspecified atom stereocenters. The van der Waals surface area contributed by atoms with E-state index in [2.05, 4.69) is 41.6 Å². The molecule has 0 fully saturated rings. The summed E-state index contributed by atoms with van der Waals surface area (Å²) in [6.45, 7) is 2.80. The average Bonchev–Trinajstić information content (AvgIpc) is 2.88. The first-order chi connectivity index (χ1) is 8.83. The SMILES string of the molecule is CCCSCc1nc(-c2ccc(CN)cc2)cs1. The Labute approximate surface area is 117 Å². The van der Waals surface area contributed by atoms with Gasteiger partial charge in [-0.1, -0.05) is 31.2 Å². The third kappa shape index (κ3) is 3.57. The Bertz CT molecular complexity index is 477. The van der Waals surface area contributed by atoms with Gasteiger partial charge in [0.1, 0.15) is 5.01 Å². The standard InChI is InChI=1S/C14H18N2S2/c1-2-7-17-10-14-16-13(9-18-14)12-5-3-11(8-15)4-6-12/h3-6,9H,2,7-8,10,15H2,1H3. The molecule has 2 N–H and O–H groups in total. The van der Waals surface area contributed by atoms with Crippen LogP contribution in [0.5, 0.6) is 0 Å². The van der Waals surface area contributed by atoms with E-state index >= 15 is 0 Å². The fourth-order valence-corrected chi connectivity index (χ4v) is 3.41. The number of nitrogens with zero attached hydrogens (tertiary/aromatic N) is 1. The summed E-state index contributed by atoms with van der Waals surface area (Å²) in [5, 5.41) is 3.35. The predicted molar refractivity (Wildman–Crippen MR) is 81.9 cm³/mol. The lowest BCUT2D eigenvalue weighted by Gasteiger charge is -1.99. The van der Waals surface area contributed by atoms with Crippen LogP contribution in [0.3, 0.4) is 0 Å². The monoisotopic (exact) mass is 278 g/mol. The molecule has 1 aromatic carbocycles. The molecule has 1 aromatic heterocycles. The van der Waals surface area contributed by atoms with Gasteiger partial charge in [0, 0.05) is 23.2 Å². The van der Waals surface area contributed by atoms with Crippen LogP contribution in [0, 0.1) is 0 Å². The lowest BCUT2D eigenvalue weighted by molar-refractivity contribution is 1.07. The fraction of sp³-hybridized carbons (Fsp3) is 0.357. The van der Waals surface area contributed by atoms with E-state index in [0.29, 0.717) is 6.54 Å². The summed E-state index contributed by atoms with van der Waals surface area (Å²) in [4.78, 5) is 4.67. The van der Waals surface area contributed by atoms with Crippen LogP contribution in [0.15, 0.2) is 29.6 Å². The van der Waals surface area contributed by atoms with Crippen LogP contribution >= 0.6 is 23.1 Å². The molecule has 96 valence electrons. The molecule has 0 spiro atoms. The summed E-state index contributed by atoms with van der Waals surface area (Å²) in [7, 11) is 0. The lowest BCUT2D eigenvalue weighted by Crippen LogP contribution is -1.95. The molecule has 4 heteroatoms. The molecule has 2 nitrogen and oxygen atoms in total. The van der Waals surface area contributed by atoms with E-state index in [0.717, 1.165) is 17.0 Å². The van der Waals surface area contributed by atoms with Crippen molar-refractivity contribution in [1.82, 2.24) is 4.98 Å². The summed E-state index contributed by atoms with van der Waals surface area (Å²) >= 11 is 3.70. The van der Waals surface area contributed by atoms with Gasteiger partial charge in [-0.15, -0.1) is 11.3 Å². The van der Waals surface area contributed by atoms with Crippen molar-refractivity contribution in [3.63, 3.8) is 0 Å².